The van der Waals surface area contributed by atoms with Crippen LogP contribution in [0.5, 0.6) is 0 Å². The quantitative estimate of drug-likeness (QED) is 0.664. The second-order valence-corrected chi connectivity index (χ2v) is 5.14. The zero-order chi connectivity index (χ0) is 10.7. The van der Waals surface area contributed by atoms with Crippen LogP contribution in [0.15, 0.2) is 24.3 Å². The summed E-state index contributed by atoms with van der Waals surface area (Å²) in [5.74, 6) is 2.19. The van der Waals surface area contributed by atoms with Gasteiger partial charge in [-0.2, -0.15) is 0 Å². The predicted octanol–water partition coefficient (Wildman–Crippen LogP) is 4.37. The summed E-state index contributed by atoms with van der Waals surface area (Å²) in [5.41, 5.74) is 2.95. The number of alkyl halides is 1. The molecule has 1 aromatic carbocycles. The maximum absolute atomic E-state index is 5.82. The van der Waals surface area contributed by atoms with Crippen LogP contribution in [0.4, 0.5) is 0 Å². The van der Waals surface area contributed by atoms with Crippen LogP contribution in [0, 0.1) is 5.92 Å². The molecule has 82 valence electrons. The Morgan fingerprint density at radius 2 is 1.93 bits per heavy atom. The van der Waals surface area contributed by atoms with Crippen molar-refractivity contribution in [1.29, 1.82) is 0 Å². The van der Waals surface area contributed by atoms with Crippen LogP contribution in [0.1, 0.15) is 43.2 Å². The van der Waals surface area contributed by atoms with Crippen LogP contribution >= 0.6 is 11.6 Å². The number of hydrogen-bond acceptors (Lipinski definition) is 0. The third kappa shape index (κ3) is 2.75. The Morgan fingerprint density at radius 3 is 2.40 bits per heavy atom. The molecule has 0 bridgehead atoms. The van der Waals surface area contributed by atoms with Crippen molar-refractivity contribution in [2.45, 2.75) is 38.5 Å². The molecule has 0 aromatic heterocycles. The molecule has 0 spiro atoms. The molecular weight excluding hydrogens is 204 g/mol. The monoisotopic (exact) mass is 222 g/mol. The molecule has 1 unspecified atom stereocenters. The van der Waals surface area contributed by atoms with Crippen LogP contribution in [0.25, 0.3) is 0 Å². The van der Waals surface area contributed by atoms with Crippen LogP contribution in [-0.4, -0.2) is 5.88 Å². The highest BCUT2D eigenvalue weighted by Crippen LogP contribution is 2.36. The van der Waals surface area contributed by atoms with Gasteiger partial charge in [0.05, 0.1) is 0 Å². The van der Waals surface area contributed by atoms with E-state index in [1.165, 1.54) is 30.4 Å². The van der Waals surface area contributed by atoms with Gasteiger partial charge in [0.25, 0.3) is 0 Å². The van der Waals surface area contributed by atoms with E-state index >= 15 is 0 Å². The van der Waals surface area contributed by atoms with Crippen molar-refractivity contribution < 1.29 is 0 Å². The van der Waals surface area contributed by atoms with Crippen molar-refractivity contribution in [3.63, 3.8) is 0 Å². The smallest absolute Gasteiger partial charge is 0.0252 e. The van der Waals surface area contributed by atoms with E-state index in [0.29, 0.717) is 5.92 Å². The van der Waals surface area contributed by atoms with Crippen LogP contribution in [-0.2, 0) is 6.42 Å². The van der Waals surface area contributed by atoms with E-state index in [0.717, 1.165) is 18.2 Å². The molecule has 1 aliphatic rings. The van der Waals surface area contributed by atoms with Gasteiger partial charge in [-0.05, 0) is 42.2 Å². The Hall–Kier alpha value is -0.490. The van der Waals surface area contributed by atoms with Gasteiger partial charge >= 0.3 is 0 Å². The minimum atomic E-state index is 0.584. The van der Waals surface area contributed by atoms with Crippen molar-refractivity contribution in [1.82, 2.24) is 0 Å². The summed E-state index contributed by atoms with van der Waals surface area (Å²) in [4.78, 5) is 0. The van der Waals surface area contributed by atoms with E-state index in [-0.39, 0.29) is 0 Å². The van der Waals surface area contributed by atoms with Gasteiger partial charge in [-0.15, -0.1) is 11.6 Å². The Kier molecular flexibility index (Phi) is 3.69. The summed E-state index contributed by atoms with van der Waals surface area (Å²) in [7, 11) is 0. The lowest BCUT2D eigenvalue weighted by atomic mass is 9.80. The molecule has 2 rings (SSSR count). The highest BCUT2D eigenvalue weighted by molar-refractivity contribution is 6.18. The van der Waals surface area contributed by atoms with Gasteiger partial charge in [0.15, 0.2) is 0 Å². The van der Waals surface area contributed by atoms with Crippen LogP contribution in [0.3, 0.4) is 0 Å². The Labute approximate surface area is 97.6 Å². The Bertz CT molecular complexity index is 298. The van der Waals surface area contributed by atoms with E-state index in [1.807, 2.05) is 0 Å². The number of halogens is 1. The van der Waals surface area contributed by atoms with Gasteiger partial charge in [-0.25, -0.2) is 0 Å². The molecule has 1 aromatic rings. The van der Waals surface area contributed by atoms with Gasteiger partial charge < -0.3 is 0 Å². The lowest BCUT2D eigenvalue weighted by molar-refractivity contribution is 0.419. The topological polar surface area (TPSA) is 0 Å². The zero-order valence-corrected chi connectivity index (χ0v) is 10.1. The first-order valence-electron chi connectivity index (χ1n) is 5.94. The molecule has 1 atom stereocenters. The lowest BCUT2D eigenvalue weighted by Gasteiger charge is -2.25. The van der Waals surface area contributed by atoms with Crippen molar-refractivity contribution in [2.75, 3.05) is 5.88 Å². The molecule has 15 heavy (non-hydrogen) atoms. The van der Waals surface area contributed by atoms with Gasteiger partial charge in [0.2, 0.25) is 0 Å². The molecule has 1 fully saturated rings. The highest BCUT2D eigenvalue weighted by Gasteiger charge is 2.18. The second kappa shape index (κ2) is 5.03. The first-order chi connectivity index (χ1) is 7.29. The Morgan fingerprint density at radius 1 is 1.27 bits per heavy atom. The fourth-order valence-electron chi connectivity index (χ4n) is 2.12. The average molecular weight is 223 g/mol. The van der Waals surface area contributed by atoms with Crippen molar-refractivity contribution in [2.24, 2.45) is 5.92 Å². The Balaban J connectivity index is 1.97. The summed E-state index contributed by atoms with van der Waals surface area (Å²) in [6.07, 6.45) is 5.29. The average Bonchev–Trinajstić information content (AvgIpc) is 2.18. The van der Waals surface area contributed by atoms with Gasteiger partial charge in [0, 0.05) is 5.88 Å². The van der Waals surface area contributed by atoms with Crippen LogP contribution < -0.4 is 0 Å². The molecule has 0 nitrogen and oxygen atoms in total. The summed E-state index contributed by atoms with van der Waals surface area (Å²) < 4.78 is 0. The van der Waals surface area contributed by atoms with E-state index in [4.69, 9.17) is 11.6 Å². The molecule has 0 amide bonds. The van der Waals surface area contributed by atoms with E-state index in [9.17, 15) is 0 Å². The van der Waals surface area contributed by atoms with Gasteiger partial charge in [-0.3, -0.25) is 0 Å². The van der Waals surface area contributed by atoms with E-state index in [1.54, 1.807) is 0 Å². The molecule has 0 heterocycles. The zero-order valence-electron chi connectivity index (χ0n) is 9.38. The third-order valence-corrected chi connectivity index (χ3v) is 3.93. The lowest BCUT2D eigenvalue weighted by Crippen LogP contribution is -2.08. The summed E-state index contributed by atoms with van der Waals surface area (Å²) in [5, 5.41) is 0. The van der Waals surface area contributed by atoms with Gasteiger partial charge in [0.1, 0.15) is 0 Å². The van der Waals surface area contributed by atoms with E-state index in [2.05, 4.69) is 31.2 Å². The first kappa shape index (κ1) is 11.0. The van der Waals surface area contributed by atoms with Gasteiger partial charge in [-0.1, -0.05) is 37.6 Å². The molecule has 1 heteroatoms. The summed E-state index contributed by atoms with van der Waals surface area (Å²) in [6, 6.07) is 9.16. The third-order valence-electron chi connectivity index (χ3n) is 3.40. The number of hydrogen-bond donors (Lipinski definition) is 0. The molecule has 0 aliphatic heterocycles. The fourth-order valence-corrected chi connectivity index (χ4v) is 2.23. The SMILES string of the molecule is CC(CCl)Cc1ccc(C2CCC2)cc1. The predicted molar refractivity (Wildman–Crippen MR) is 66.6 cm³/mol. The largest absolute Gasteiger partial charge is 0.126 e. The van der Waals surface area contributed by atoms with Crippen molar-refractivity contribution >= 4 is 11.6 Å². The standard InChI is InChI=1S/C14H19Cl/c1-11(10-15)9-12-5-7-14(8-6-12)13-3-2-4-13/h5-8,11,13H,2-4,9-10H2,1H3. The molecule has 0 saturated heterocycles. The fraction of sp³-hybridized carbons (Fsp3) is 0.571. The minimum absolute atomic E-state index is 0.584. The highest BCUT2D eigenvalue weighted by atomic mass is 35.5. The summed E-state index contributed by atoms with van der Waals surface area (Å²) >= 11 is 5.82. The maximum atomic E-state index is 5.82. The molecule has 0 radical (unpaired) electrons. The van der Waals surface area contributed by atoms with Crippen LogP contribution in [0.2, 0.25) is 0 Å². The molecule has 0 N–H and O–H groups in total. The molecular formula is C14H19Cl. The van der Waals surface area contributed by atoms with Crippen molar-refractivity contribution in [3.05, 3.63) is 35.4 Å². The summed E-state index contributed by atoms with van der Waals surface area (Å²) in [6.45, 7) is 2.20. The molecule has 1 saturated carbocycles. The second-order valence-electron chi connectivity index (χ2n) is 4.83. The minimum Gasteiger partial charge on any atom is -0.126 e. The maximum Gasteiger partial charge on any atom is 0.0252 e. The van der Waals surface area contributed by atoms with E-state index < -0.39 is 0 Å². The molecule has 1 aliphatic carbocycles. The normalized spacial score (nSPS) is 18.5. The first-order valence-corrected chi connectivity index (χ1v) is 6.48. The van der Waals surface area contributed by atoms with Crippen molar-refractivity contribution in [3.8, 4) is 0 Å². The number of benzene rings is 1. The number of rotatable bonds is 4.